The first-order chi connectivity index (χ1) is 6.46. The molecule has 0 bridgehead atoms. The van der Waals surface area contributed by atoms with E-state index >= 15 is 0 Å². The van der Waals surface area contributed by atoms with E-state index in [1.165, 1.54) is 6.07 Å². The second-order valence-electron chi connectivity index (χ2n) is 2.45. The maximum Gasteiger partial charge on any atom is 0.421 e. The predicted molar refractivity (Wildman–Crippen MR) is 38.5 cm³/mol. The molecule has 0 amide bonds. The van der Waals surface area contributed by atoms with Crippen LogP contribution in [0.3, 0.4) is 0 Å². The molecule has 0 aliphatic rings. The van der Waals surface area contributed by atoms with Gasteiger partial charge in [-0.1, -0.05) is 0 Å². The van der Waals surface area contributed by atoms with E-state index in [4.69, 9.17) is 5.26 Å². The van der Waals surface area contributed by atoms with Crippen LogP contribution in [0.4, 0.5) is 17.6 Å². The van der Waals surface area contributed by atoms with Crippen LogP contribution < -0.4 is 0 Å². The fourth-order valence-corrected chi connectivity index (χ4v) is 0.986. The van der Waals surface area contributed by atoms with Gasteiger partial charge in [0.1, 0.15) is 11.4 Å². The average Bonchev–Trinajstić information content (AvgIpc) is 2.02. The Hall–Kier alpha value is -1.64. The molecule has 0 atom stereocenters. The highest BCUT2D eigenvalue weighted by atomic mass is 19.4. The molecule has 1 rings (SSSR count). The van der Waals surface area contributed by atoms with Crippen molar-refractivity contribution in [3.8, 4) is 6.07 Å². The summed E-state index contributed by atoms with van der Waals surface area (Å²) in [4.78, 5) is 3.31. The van der Waals surface area contributed by atoms with E-state index in [1.807, 2.05) is 0 Å². The van der Waals surface area contributed by atoms with Crippen molar-refractivity contribution in [3.05, 3.63) is 29.3 Å². The van der Waals surface area contributed by atoms with E-state index in [0.29, 0.717) is 6.07 Å². The molecule has 0 unspecified atom stereocenters. The maximum absolute atomic E-state index is 12.8. The highest BCUT2D eigenvalue weighted by Gasteiger charge is 2.37. The largest absolute Gasteiger partial charge is 0.421 e. The van der Waals surface area contributed by atoms with Gasteiger partial charge in [-0.25, -0.2) is 4.39 Å². The first-order valence-electron chi connectivity index (χ1n) is 3.54. The van der Waals surface area contributed by atoms with Crippen LogP contribution in [0.1, 0.15) is 11.3 Å². The number of hydrogen-bond donors (Lipinski definition) is 0. The summed E-state index contributed by atoms with van der Waals surface area (Å²) in [7, 11) is 0. The van der Waals surface area contributed by atoms with Crippen molar-refractivity contribution in [2.45, 2.75) is 12.6 Å². The van der Waals surface area contributed by atoms with Crippen molar-refractivity contribution in [1.82, 2.24) is 4.98 Å². The second-order valence-corrected chi connectivity index (χ2v) is 2.45. The van der Waals surface area contributed by atoms with Gasteiger partial charge in [-0.05, 0) is 6.07 Å². The normalized spacial score (nSPS) is 11.1. The zero-order valence-electron chi connectivity index (χ0n) is 6.77. The number of hydrogen-bond acceptors (Lipinski definition) is 2. The highest BCUT2D eigenvalue weighted by Crippen LogP contribution is 2.33. The SMILES string of the molecule is N#CCc1nccc(F)c1C(F)(F)F. The molecule has 0 radical (unpaired) electrons. The Labute approximate surface area is 76.8 Å². The van der Waals surface area contributed by atoms with Crippen LogP contribution in [0.15, 0.2) is 12.3 Å². The van der Waals surface area contributed by atoms with E-state index < -0.39 is 29.7 Å². The Balaban J connectivity index is 3.31. The molecule has 0 N–H and O–H groups in total. The predicted octanol–water partition coefficient (Wildman–Crippen LogP) is 2.31. The van der Waals surface area contributed by atoms with Crippen LogP contribution in [0, 0.1) is 17.1 Å². The molecule has 0 fully saturated rings. The van der Waals surface area contributed by atoms with Crippen LogP contribution in [-0.2, 0) is 12.6 Å². The van der Waals surface area contributed by atoms with Crippen molar-refractivity contribution in [1.29, 1.82) is 5.26 Å². The van der Waals surface area contributed by atoms with Gasteiger partial charge in [-0.15, -0.1) is 0 Å². The molecule has 0 saturated heterocycles. The van der Waals surface area contributed by atoms with Gasteiger partial charge in [0.25, 0.3) is 0 Å². The Morgan fingerprint density at radius 3 is 2.57 bits per heavy atom. The molecule has 14 heavy (non-hydrogen) atoms. The van der Waals surface area contributed by atoms with Gasteiger partial charge < -0.3 is 0 Å². The summed E-state index contributed by atoms with van der Waals surface area (Å²) in [5.41, 5.74) is -2.04. The van der Waals surface area contributed by atoms with Gasteiger partial charge >= 0.3 is 6.18 Å². The van der Waals surface area contributed by atoms with Gasteiger partial charge in [-0.2, -0.15) is 18.4 Å². The summed E-state index contributed by atoms with van der Waals surface area (Å²) < 4.78 is 49.5. The minimum atomic E-state index is -4.81. The maximum atomic E-state index is 12.8. The average molecular weight is 204 g/mol. The molecule has 0 aliphatic heterocycles. The smallest absolute Gasteiger partial charge is 0.259 e. The number of rotatable bonds is 1. The summed E-state index contributed by atoms with van der Waals surface area (Å²) >= 11 is 0. The van der Waals surface area contributed by atoms with Crippen LogP contribution in [-0.4, -0.2) is 4.98 Å². The lowest BCUT2D eigenvalue weighted by molar-refractivity contribution is -0.140. The Morgan fingerprint density at radius 1 is 1.43 bits per heavy atom. The van der Waals surface area contributed by atoms with Crippen molar-refractivity contribution < 1.29 is 17.6 Å². The lowest BCUT2D eigenvalue weighted by Crippen LogP contribution is -2.13. The van der Waals surface area contributed by atoms with Crippen LogP contribution in [0.2, 0.25) is 0 Å². The minimum Gasteiger partial charge on any atom is -0.259 e. The zero-order valence-corrected chi connectivity index (χ0v) is 6.77. The molecule has 0 aromatic carbocycles. The van der Waals surface area contributed by atoms with Gasteiger partial charge in [0.2, 0.25) is 0 Å². The van der Waals surface area contributed by atoms with Crippen molar-refractivity contribution in [3.63, 3.8) is 0 Å². The number of halogens is 4. The molecule has 6 heteroatoms. The quantitative estimate of drug-likeness (QED) is 0.658. The molecule has 74 valence electrons. The summed E-state index contributed by atoms with van der Waals surface area (Å²) in [6.07, 6.45) is -4.48. The van der Waals surface area contributed by atoms with Crippen molar-refractivity contribution in [2.75, 3.05) is 0 Å². The zero-order chi connectivity index (χ0) is 10.8. The Morgan fingerprint density at radius 2 is 2.07 bits per heavy atom. The van der Waals surface area contributed by atoms with Crippen LogP contribution >= 0.6 is 0 Å². The number of nitriles is 1. The monoisotopic (exact) mass is 204 g/mol. The fraction of sp³-hybridized carbons (Fsp3) is 0.250. The van der Waals surface area contributed by atoms with E-state index in [9.17, 15) is 17.6 Å². The van der Waals surface area contributed by atoms with Crippen LogP contribution in [0.25, 0.3) is 0 Å². The number of nitrogens with zero attached hydrogens (tertiary/aromatic N) is 2. The Bertz CT molecular complexity index is 378. The molecule has 0 aliphatic carbocycles. The van der Waals surface area contributed by atoms with E-state index in [2.05, 4.69) is 4.98 Å². The molecular formula is C8H4F4N2. The third kappa shape index (κ3) is 1.99. The third-order valence-corrected chi connectivity index (χ3v) is 1.51. The molecule has 0 spiro atoms. The third-order valence-electron chi connectivity index (χ3n) is 1.51. The topological polar surface area (TPSA) is 36.7 Å². The summed E-state index contributed by atoms with van der Waals surface area (Å²) in [5, 5.41) is 8.22. The summed E-state index contributed by atoms with van der Waals surface area (Å²) in [5.74, 6) is -1.40. The van der Waals surface area contributed by atoms with Crippen molar-refractivity contribution >= 4 is 0 Å². The molecular weight excluding hydrogens is 200 g/mol. The standard InChI is InChI=1S/C8H4F4N2/c9-5-2-4-14-6(1-3-13)7(5)8(10,11)12/h2,4H,1H2. The van der Waals surface area contributed by atoms with Crippen LogP contribution in [0.5, 0.6) is 0 Å². The van der Waals surface area contributed by atoms with E-state index in [1.54, 1.807) is 0 Å². The van der Waals surface area contributed by atoms with Gasteiger partial charge in [-0.3, -0.25) is 4.98 Å². The summed E-state index contributed by atoms with van der Waals surface area (Å²) in [6.45, 7) is 0. The summed E-state index contributed by atoms with van der Waals surface area (Å²) in [6, 6.07) is 2.11. The molecule has 1 heterocycles. The number of alkyl halides is 3. The molecule has 1 aromatic rings. The molecule has 0 saturated carbocycles. The lowest BCUT2D eigenvalue weighted by Gasteiger charge is -2.10. The van der Waals surface area contributed by atoms with Crippen molar-refractivity contribution in [2.24, 2.45) is 0 Å². The first-order valence-corrected chi connectivity index (χ1v) is 3.54. The van der Waals surface area contributed by atoms with E-state index in [0.717, 1.165) is 6.20 Å². The Kier molecular flexibility index (Phi) is 2.70. The lowest BCUT2D eigenvalue weighted by atomic mass is 10.1. The fourth-order valence-electron chi connectivity index (χ4n) is 0.986. The highest BCUT2D eigenvalue weighted by molar-refractivity contribution is 5.26. The minimum absolute atomic E-state index is 0.563. The van der Waals surface area contributed by atoms with Gasteiger partial charge in [0, 0.05) is 6.20 Å². The number of pyridine rings is 1. The molecule has 1 aromatic heterocycles. The van der Waals surface area contributed by atoms with Gasteiger partial charge in [0.05, 0.1) is 18.2 Å². The first kappa shape index (κ1) is 10.4. The molecule has 2 nitrogen and oxygen atoms in total. The van der Waals surface area contributed by atoms with Gasteiger partial charge in [0.15, 0.2) is 0 Å². The number of aromatic nitrogens is 1. The second kappa shape index (κ2) is 3.62. The van der Waals surface area contributed by atoms with E-state index in [-0.39, 0.29) is 0 Å².